The van der Waals surface area contributed by atoms with Gasteiger partial charge < -0.3 is 15.1 Å². The molecule has 2 aromatic rings. The first-order chi connectivity index (χ1) is 12.9. The Hall–Kier alpha value is -2.59. The third-order valence-electron chi connectivity index (χ3n) is 5.34. The zero-order valence-electron chi connectivity index (χ0n) is 15.9. The number of carbonyl (C=O) groups is 1. The third-order valence-corrected chi connectivity index (χ3v) is 5.34. The maximum Gasteiger partial charge on any atom is 0.336 e. The van der Waals surface area contributed by atoms with Crippen molar-refractivity contribution in [1.29, 1.82) is 0 Å². The summed E-state index contributed by atoms with van der Waals surface area (Å²) in [5.41, 5.74) is 3.53. The average molecular weight is 365 g/mol. The van der Waals surface area contributed by atoms with Crippen LogP contribution in [0.3, 0.4) is 0 Å². The molecule has 2 aromatic carbocycles. The number of hydrogen-bond donors (Lipinski definition) is 2. The van der Waals surface area contributed by atoms with Gasteiger partial charge in [0, 0.05) is 6.54 Å². The van der Waals surface area contributed by atoms with Crippen molar-refractivity contribution in [2.45, 2.75) is 25.2 Å². The molecule has 1 saturated carbocycles. The smallest absolute Gasteiger partial charge is 0.336 e. The minimum Gasteiger partial charge on any atom is -0.508 e. The van der Waals surface area contributed by atoms with Crippen LogP contribution in [0.25, 0.3) is 6.08 Å². The summed E-state index contributed by atoms with van der Waals surface area (Å²) in [4.78, 5) is 13.7. The molecule has 0 radical (unpaired) electrons. The molecule has 2 atom stereocenters. The van der Waals surface area contributed by atoms with Gasteiger partial charge in [-0.05, 0) is 74.5 Å². The van der Waals surface area contributed by atoms with E-state index in [0.29, 0.717) is 23.1 Å². The van der Waals surface area contributed by atoms with Gasteiger partial charge in [-0.2, -0.15) is 0 Å². The molecular weight excluding hydrogens is 338 g/mol. The zero-order valence-corrected chi connectivity index (χ0v) is 15.9. The fourth-order valence-electron chi connectivity index (χ4n) is 4.12. The Morgan fingerprint density at radius 3 is 2.67 bits per heavy atom. The molecule has 0 aromatic heterocycles. The van der Waals surface area contributed by atoms with E-state index in [1.54, 1.807) is 18.2 Å². The highest BCUT2D eigenvalue weighted by molar-refractivity contribution is 5.92. The maximum absolute atomic E-state index is 11.5. The lowest BCUT2D eigenvalue weighted by Gasteiger charge is -2.35. The van der Waals surface area contributed by atoms with Gasteiger partial charge in [-0.1, -0.05) is 42.0 Å². The fourth-order valence-corrected chi connectivity index (χ4v) is 4.12. The predicted octanol–water partition coefficient (Wildman–Crippen LogP) is 4.62. The zero-order chi connectivity index (χ0) is 19.4. The molecule has 0 spiro atoms. The normalized spacial score (nSPS) is 21.5. The fraction of sp³-hybridized carbons (Fsp3) is 0.348. The number of aromatic carboxylic acids is 1. The van der Waals surface area contributed by atoms with Crippen LogP contribution in [0.2, 0.25) is 0 Å². The molecule has 1 fully saturated rings. The van der Waals surface area contributed by atoms with Gasteiger partial charge in [0.05, 0.1) is 5.56 Å². The first-order valence-corrected chi connectivity index (χ1v) is 9.39. The molecule has 3 rings (SSSR count). The molecule has 1 aliphatic rings. The molecule has 142 valence electrons. The number of hydrogen-bond acceptors (Lipinski definition) is 3. The molecule has 0 unspecified atom stereocenters. The molecule has 0 bridgehead atoms. The molecule has 2 N–H and O–H groups in total. The Morgan fingerprint density at radius 1 is 1.19 bits per heavy atom. The van der Waals surface area contributed by atoms with Gasteiger partial charge in [0.1, 0.15) is 5.75 Å². The van der Waals surface area contributed by atoms with Crippen molar-refractivity contribution in [2.24, 2.45) is 5.92 Å². The van der Waals surface area contributed by atoms with Crippen molar-refractivity contribution in [3.63, 3.8) is 0 Å². The molecule has 4 nitrogen and oxygen atoms in total. The van der Waals surface area contributed by atoms with Crippen molar-refractivity contribution < 1.29 is 15.0 Å². The number of phenolic OH excluding ortho intramolecular Hbond substituents is 1. The van der Waals surface area contributed by atoms with Gasteiger partial charge in [0.15, 0.2) is 0 Å². The Morgan fingerprint density at radius 2 is 1.96 bits per heavy atom. The third kappa shape index (κ3) is 4.77. The number of carboxylic acid groups (broad SMARTS) is 1. The number of nitrogens with zero attached hydrogens (tertiary/aromatic N) is 1. The molecule has 27 heavy (non-hydrogen) atoms. The second-order valence-electron chi connectivity index (χ2n) is 7.66. The number of aromatic hydroxyl groups is 1. The largest absolute Gasteiger partial charge is 0.508 e. The van der Waals surface area contributed by atoms with Crippen LogP contribution in [0.1, 0.15) is 46.7 Å². The summed E-state index contributed by atoms with van der Waals surface area (Å²) < 4.78 is 0. The average Bonchev–Trinajstić information content (AvgIpc) is 2.63. The molecule has 0 amide bonds. The second kappa shape index (κ2) is 8.40. The van der Waals surface area contributed by atoms with Crippen LogP contribution in [0, 0.1) is 5.92 Å². The SMILES string of the molecule is CN(C)C[C@H]1CC/C(=C\c2ccccc2C(=O)O)C[C@@H]1c1cccc(O)c1. The number of benzene rings is 2. The van der Waals surface area contributed by atoms with E-state index in [0.717, 1.165) is 36.9 Å². The second-order valence-corrected chi connectivity index (χ2v) is 7.66. The van der Waals surface area contributed by atoms with Gasteiger partial charge in [0.2, 0.25) is 0 Å². The Labute approximate surface area is 160 Å². The Kier molecular flexibility index (Phi) is 5.97. The topological polar surface area (TPSA) is 60.8 Å². The molecule has 0 saturated heterocycles. The summed E-state index contributed by atoms with van der Waals surface area (Å²) in [6.07, 6.45) is 4.96. The van der Waals surface area contributed by atoms with Gasteiger partial charge in [0.25, 0.3) is 0 Å². The minimum absolute atomic E-state index is 0.295. The van der Waals surface area contributed by atoms with Crippen LogP contribution >= 0.6 is 0 Å². The predicted molar refractivity (Wildman–Crippen MR) is 108 cm³/mol. The van der Waals surface area contributed by atoms with Crippen LogP contribution in [0.15, 0.2) is 54.1 Å². The summed E-state index contributed by atoms with van der Waals surface area (Å²) in [6.45, 7) is 0.999. The van der Waals surface area contributed by atoms with Crippen molar-refractivity contribution in [3.05, 3.63) is 70.8 Å². The lowest BCUT2D eigenvalue weighted by Crippen LogP contribution is -2.29. The van der Waals surface area contributed by atoms with Gasteiger partial charge >= 0.3 is 5.97 Å². The van der Waals surface area contributed by atoms with E-state index >= 15 is 0 Å². The molecule has 4 heteroatoms. The van der Waals surface area contributed by atoms with E-state index in [4.69, 9.17) is 0 Å². The molecule has 0 heterocycles. The van der Waals surface area contributed by atoms with E-state index in [1.807, 2.05) is 30.3 Å². The van der Waals surface area contributed by atoms with E-state index in [2.05, 4.69) is 25.1 Å². The first-order valence-electron chi connectivity index (χ1n) is 9.39. The van der Waals surface area contributed by atoms with Crippen molar-refractivity contribution in [3.8, 4) is 5.75 Å². The monoisotopic (exact) mass is 365 g/mol. The van der Waals surface area contributed by atoms with E-state index < -0.39 is 5.97 Å². The lowest BCUT2D eigenvalue weighted by atomic mass is 9.73. The first kappa shape index (κ1) is 19.2. The number of rotatable bonds is 5. The quantitative estimate of drug-likeness (QED) is 0.812. The van der Waals surface area contributed by atoms with Crippen LogP contribution in [0.4, 0.5) is 0 Å². The Bertz CT molecular complexity index is 841. The molecular formula is C23H27NO3. The summed E-state index contributed by atoms with van der Waals surface area (Å²) >= 11 is 0. The highest BCUT2D eigenvalue weighted by Crippen LogP contribution is 2.42. The Balaban J connectivity index is 1.91. The molecule has 1 aliphatic carbocycles. The number of carboxylic acids is 1. The summed E-state index contributed by atoms with van der Waals surface area (Å²) in [5, 5.41) is 19.4. The van der Waals surface area contributed by atoms with Crippen LogP contribution < -0.4 is 0 Å². The highest BCUT2D eigenvalue weighted by atomic mass is 16.4. The number of allylic oxidation sites excluding steroid dienone is 1. The van der Waals surface area contributed by atoms with Crippen molar-refractivity contribution >= 4 is 12.0 Å². The lowest BCUT2D eigenvalue weighted by molar-refractivity contribution is 0.0696. The van der Waals surface area contributed by atoms with Gasteiger partial charge in [-0.3, -0.25) is 0 Å². The summed E-state index contributed by atoms with van der Waals surface area (Å²) in [7, 11) is 4.18. The highest BCUT2D eigenvalue weighted by Gasteiger charge is 2.29. The maximum atomic E-state index is 11.5. The minimum atomic E-state index is -0.895. The molecule has 0 aliphatic heterocycles. The standard InChI is InChI=1S/C23H27NO3/c1-24(2)15-19-11-10-16(12-17-6-3-4-9-21(17)23(26)27)13-22(19)18-7-5-8-20(25)14-18/h3-9,12,14,19,22,25H,10-11,13,15H2,1-2H3,(H,26,27)/b16-12+/t19-,22-/m1/s1. The van der Waals surface area contributed by atoms with Crippen LogP contribution in [-0.4, -0.2) is 41.7 Å². The van der Waals surface area contributed by atoms with E-state index in [1.165, 1.54) is 5.57 Å². The van der Waals surface area contributed by atoms with E-state index in [-0.39, 0.29) is 0 Å². The summed E-state index contributed by atoms with van der Waals surface area (Å²) in [5.74, 6) is 0.224. The van der Waals surface area contributed by atoms with Crippen LogP contribution in [0.5, 0.6) is 5.75 Å². The van der Waals surface area contributed by atoms with Crippen LogP contribution in [-0.2, 0) is 0 Å². The number of phenols is 1. The summed E-state index contributed by atoms with van der Waals surface area (Å²) in [6, 6.07) is 14.7. The van der Waals surface area contributed by atoms with Gasteiger partial charge in [-0.15, -0.1) is 0 Å². The van der Waals surface area contributed by atoms with Crippen molar-refractivity contribution in [2.75, 3.05) is 20.6 Å². The van der Waals surface area contributed by atoms with Crippen molar-refractivity contribution in [1.82, 2.24) is 4.90 Å². The van der Waals surface area contributed by atoms with E-state index in [9.17, 15) is 15.0 Å². The van der Waals surface area contributed by atoms with Gasteiger partial charge in [-0.25, -0.2) is 4.79 Å².